The molecule has 0 fully saturated rings. The summed E-state index contributed by atoms with van der Waals surface area (Å²) in [4.78, 5) is 42.4. The number of amides is 2. The minimum absolute atomic E-state index is 0.205. The van der Waals surface area contributed by atoms with Crippen LogP contribution in [0, 0.1) is 0 Å². The third-order valence-electron chi connectivity index (χ3n) is 7.14. The summed E-state index contributed by atoms with van der Waals surface area (Å²) < 4.78 is 17.0. The highest BCUT2D eigenvalue weighted by atomic mass is 16.5. The van der Waals surface area contributed by atoms with E-state index in [1.54, 1.807) is 39.6 Å². The molecular formula is C31H36N4O6. The van der Waals surface area contributed by atoms with Gasteiger partial charge in [-0.15, -0.1) is 0 Å². The van der Waals surface area contributed by atoms with E-state index in [2.05, 4.69) is 20.9 Å². The molecule has 2 aromatic carbocycles. The Balaban J connectivity index is 1.70. The largest absolute Gasteiger partial charge is 0.493 e. The number of nitrogens with one attached hydrogen (secondary N) is 3. The number of fused-ring (bicyclic) bond motifs is 3. The van der Waals surface area contributed by atoms with E-state index in [9.17, 15) is 14.4 Å². The van der Waals surface area contributed by atoms with E-state index in [0.717, 1.165) is 16.7 Å². The van der Waals surface area contributed by atoms with E-state index >= 15 is 0 Å². The number of ether oxygens (including phenoxy) is 3. The Morgan fingerprint density at radius 1 is 1.02 bits per heavy atom. The van der Waals surface area contributed by atoms with Gasteiger partial charge in [-0.2, -0.15) is 0 Å². The molecule has 3 N–H and O–H groups in total. The van der Waals surface area contributed by atoms with Crippen LogP contribution >= 0.6 is 0 Å². The average Bonchev–Trinajstić information content (AvgIpc) is 3.21. The average molecular weight is 561 g/mol. The number of methoxy groups -OCH3 is 3. The summed E-state index contributed by atoms with van der Waals surface area (Å²) in [6.07, 6.45) is 5.25. The van der Waals surface area contributed by atoms with Gasteiger partial charge in [-0.1, -0.05) is 6.07 Å². The van der Waals surface area contributed by atoms with Crippen molar-refractivity contribution in [1.29, 1.82) is 0 Å². The van der Waals surface area contributed by atoms with E-state index in [1.165, 1.54) is 20.1 Å². The number of carbonyl (C=O) groups excluding carboxylic acids is 2. The number of anilines is 1. The number of aromatic nitrogens is 1. The van der Waals surface area contributed by atoms with Gasteiger partial charge in [-0.05, 0) is 78.8 Å². The summed E-state index contributed by atoms with van der Waals surface area (Å²) in [6, 6.07) is 9.63. The van der Waals surface area contributed by atoms with Gasteiger partial charge in [-0.3, -0.25) is 19.4 Å². The Morgan fingerprint density at radius 2 is 1.76 bits per heavy atom. The number of hydrogen-bond donors (Lipinski definition) is 3. The number of benzene rings is 1. The normalized spacial score (nSPS) is 14.4. The zero-order valence-electron chi connectivity index (χ0n) is 24.0. The van der Waals surface area contributed by atoms with Gasteiger partial charge in [-0.25, -0.2) is 0 Å². The number of carbonyl (C=O) groups is 2. The van der Waals surface area contributed by atoms with Gasteiger partial charge in [0.25, 0.3) is 0 Å². The van der Waals surface area contributed by atoms with Gasteiger partial charge >= 0.3 is 0 Å². The second kappa shape index (κ2) is 13.2. The smallest absolute Gasteiger partial charge is 0.242 e. The number of pyridine rings is 1. The van der Waals surface area contributed by atoms with Crippen molar-refractivity contribution < 1.29 is 23.8 Å². The molecule has 10 nitrogen and oxygen atoms in total. The van der Waals surface area contributed by atoms with Gasteiger partial charge in [0.1, 0.15) is 6.04 Å². The van der Waals surface area contributed by atoms with Crippen LogP contribution in [0.15, 0.2) is 53.6 Å². The molecule has 2 atom stereocenters. The number of hydrogen-bond acceptors (Lipinski definition) is 8. The highest BCUT2D eigenvalue weighted by Crippen LogP contribution is 2.50. The molecule has 1 heterocycles. The van der Waals surface area contributed by atoms with Crippen LogP contribution in [0.1, 0.15) is 43.0 Å². The van der Waals surface area contributed by atoms with E-state index < -0.39 is 12.1 Å². The minimum Gasteiger partial charge on any atom is -0.493 e. The predicted molar refractivity (Wildman–Crippen MR) is 157 cm³/mol. The van der Waals surface area contributed by atoms with E-state index in [1.807, 2.05) is 24.3 Å². The molecule has 0 spiro atoms. The van der Waals surface area contributed by atoms with Gasteiger partial charge in [0, 0.05) is 31.4 Å². The Kier molecular flexibility index (Phi) is 9.44. The molecule has 0 radical (unpaired) electrons. The molecule has 4 rings (SSSR count). The second-order valence-corrected chi connectivity index (χ2v) is 9.86. The third-order valence-corrected chi connectivity index (χ3v) is 7.14. The first-order valence-electron chi connectivity index (χ1n) is 13.5. The van der Waals surface area contributed by atoms with Crippen LogP contribution in [-0.4, -0.2) is 50.7 Å². The molecule has 3 aromatic rings. The highest BCUT2D eigenvalue weighted by Gasteiger charge is 2.29. The lowest BCUT2D eigenvalue weighted by atomic mass is 9.95. The first-order chi connectivity index (χ1) is 19.8. The second-order valence-electron chi connectivity index (χ2n) is 9.86. The first-order valence-corrected chi connectivity index (χ1v) is 13.5. The Morgan fingerprint density at radius 3 is 2.41 bits per heavy atom. The van der Waals surface area contributed by atoms with Crippen molar-refractivity contribution in [3.8, 4) is 28.4 Å². The van der Waals surface area contributed by atoms with Gasteiger partial charge in [0.15, 0.2) is 11.5 Å². The number of nitrogens with zero attached hydrogens (tertiary/aromatic N) is 1. The maximum Gasteiger partial charge on any atom is 0.242 e. The maximum absolute atomic E-state index is 13.5. The molecule has 0 saturated carbocycles. The van der Waals surface area contributed by atoms with Crippen LogP contribution in [0.2, 0.25) is 0 Å². The van der Waals surface area contributed by atoms with Crippen molar-refractivity contribution in [2.24, 2.45) is 0 Å². The van der Waals surface area contributed by atoms with Gasteiger partial charge in [0.2, 0.25) is 23.0 Å². The SMILES string of the molecule is COc1cc2c(c(OC)c1OC)-c1ccc(N[C@@H](C)C(=O)NCCc3ccncc3)c(=O)cc1[C@@H](NC(C)=O)CC2. The first kappa shape index (κ1) is 29.4. The molecule has 0 aliphatic heterocycles. The number of rotatable bonds is 10. The number of aryl methyl sites for hydroxylation is 1. The van der Waals surface area contributed by atoms with Crippen molar-refractivity contribution in [1.82, 2.24) is 15.6 Å². The molecule has 216 valence electrons. The lowest BCUT2D eigenvalue weighted by Gasteiger charge is -2.19. The van der Waals surface area contributed by atoms with Crippen LogP contribution < -0.4 is 35.6 Å². The molecule has 41 heavy (non-hydrogen) atoms. The van der Waals surface area contributed by atoms with Crippen molar-refractivity contribution in [2.75, 3.05) is 33.2 Å². The van der Waals surface area contributed by atoms with Gasteiger partial charge < -0.3 is 30.2 Å². The maximum atomic E-state index is 13.5. The van der Waals surface area contributed by atoms with Crippen LogP contribution in [0.3, 0.4) is 0 Å². The minimum atomic E-state index is -0.667. The standard InChI is InChI=1S/C31H36N4O6/c1-18(31(38)33-15-12-20-10-13-32-14-11-20)34-25-9-7-22-23(17-26(25)37)24(35-19(2)36)8-6-21-16-27(39-3)29(40-4)30(41-5)28(21)22/h7,9-11,13-14,16-18,24H,6,8,12,15H2,1-5H3,(H,33,38)(H,34,37)(H,35,36)/t18-,24-/m0/s1. The summed E-state index contributed by atoms with van der Waals surface area (Å²) in [5, 5.41) is 8.97. The summed E-state index contributed by atoms with van der Waals surface area (Å²) >= 11 is 0. The van der Waals surface area contributed by atoms with Crippen molar-refractivity contribution >= 4 is 17.5 Å². The van der Waals surface area contributed by atoms with Crippen LogP contribution in [0.4, 0.5) is 5.69 Å². The lowest BCUT2D eigenvalue weighted by Crippen LogP contribution is -2.39. The summed E-state index contributed by atoms with van der Waals surface area (Å²) in [5.74, 6) is 0.997. The van der Waals surface area contributed by atoms with Crippen LogP contribution in [0.25, 0.3) is 11.1 Å². The lowest BCUT2D eigenvalue weighted by molar-refractivity contribution is -0.121. The topological polar surface area (TPSA) is 128 Å². The summed E-state index contributed by atoms with van der Waals surface area (Å²) in [7, 11) is 4.65. The molecule has 1 aliphatic carbocycles. The monoisotopic (exact) mass is 560 g/mol. The fourth-order valence-corrected chi connectivity index (χ4v) is 5.16. The Bertz CT molecular complexity index is 1480. The van der Waals surface area contributed by atoms with E-state index in [-0.39, 0.29) is 22.9 Å². The van der Waals surface area contributed by atoms with Crippen molar-refractivity contribution in [3.63, 3.8) is 0 Å². The zero-order chi connectivity index (χ0) is 29.5. The van der Waals surface area contributed by atoms with Crippen LogP contribution in [0.5, 0.6) is 17.2 Å². The molecular weight excluding hydrogens is 524 g/mol. The molecule has 1 aromatic heterocycles. The molecule has 2 amide bonds. The predicted octanol–water partition coefficient (Wildman–Crippen LogP) is 3.42. The molecule has 0 bridgehead atoms. The Labute approximate surface area is 239 Å². The molecule has 0 saturated heterocycles. The van der Waals surface area contributed by atoms with Crippen molar-refractivity contribution in [2.45, 2.75) is 45.2 Å². The van der Waals surface area contributed by atoms with Crippen LogP contribution in [-0.2, 0) is 22.4 Å². The fourth-order valence-electron chi connectivity index (χ4n) is 5.16. The fraction of sp³-hybridized carbons (Fsp3) is 0.355. The van der Waals surface area contributed by atoms with E-state index in [4.69, 9.17) is 14.2 Å². The Hall–Kier alpha value is -4.60. The molecule has 1 aliphatic rings. The molecule has 10 heteroatoms. The highest BCUT2D eigenvalue weighted by molar-refractivity contribution is 5.85. The summed E-state index contributed by atoms with van der Waals surface area (Å²) in [5.41, 5.74) is 4.09. The zero-order valence-corrected chi connectivity index (χ0v) is 24.0. The van der Waals surface area contributed by atoms with E-state index in [0.29, 0.717) is 54.2 Å². The van der Waals surface area contributed by atoms with Crippen molar-refractivity contribution in [3.05, 3.63) is 75.7 Å². The van der Waals surface area contributed by atoms with Gasteiger partial charge in [0.05, 0.1) is 33.1 Å². The summed E-state index contributed by atoms with van der Waals surface area (Å²) in [6.45, 7) is 3.61. The third kappa shape index (κ3) is 6.59. The molecule has 0 unspecified atom stereocenters. The quantitative estimate of drug-likeness (QED) is 0.344.